The highest BCUT2D eigenvalue weighted by Gasteiger charge is 2.10. The first kappa shape index (κ1) is 17.7. The number of anilines is 2. The molecule has 0 aliphatic heterocycles. The van der Waals surface area contributed by atoms with Crippen molar-refractivity contribution in [1.29, 1.82) is 0 Å². The molecule has 2 aromatic carbocycles. The Balaban J connectivity index is 1.56. The minimum Gasteiger partial charge on any atom is -0.497 e. The van der Waals surface area contributed by atoms with E-state index >= 15 is 0 Å². The van der Waals surface area contributed by atoms with Crippen molar-refractivity contribution < 1.29 is 9.53 Å². The third kappa shape index (κ3) is 4.94. The lowest BCUT2D eigenvalue weighted by atomic mass is 10.1. The zero-order valence-corrected chi connectivity index (χ0v) is 15.6. The van der Waals surface area contributed by atoms with Crippen LogP contribution in [0, 0.1) is 0 Å². The molecule has 128 valence electrons. The van der Waals surface area contributed by atoms with Gasteiger partial charge >= 0.3 is 0 Å². The quantitative estimate of drug-likeness (QED) is 0.455. The largest absolute Gasteiger partial charge is 0.497 e. The summed E-state index contributed by atoms with van der Waals surface area (Å²) in [7, 11) is 1.63. The van der Waals surface area contributed by atoms with Crippen molar-refractivity contribution in [3.63, 3.8) is 0 Å². The van der Waals surface area contributed by atoms with E-state index in [-0.39, 0.29) is 5.78 Å². The molecule has 1 aromatic heterocycles. The van der Waals surface area contributed by atoms with Crippen LogP contribution >= 0.6 is 34.7 Å². The third-order valence-corrected chi connectivity index (χ3v) is 5.46. The van der Waals surface area contributed by atoms with E-state index < -0.39 is 0 Å². The fourth-order valence-corrected chi connectivity index (χ4v) is 3.76. The number of Topliss-reactive ketones (excluding diaryl/α,β-unsaturated/α-hetero) is 1. The first-order valence-electron chi connectivity index (χ1n) is 7.30. The van der Waals surface area contributed by atoms with Crippen molar-refractivity contribution in [2.24, 2.45) is 0 Å². The summed E-state index contributed by atoms with van der Waals surface area (Å²) in [6.07, 6.45) is 0. The van der Waals surface area contributed by atoms with Gasteiger partial charge in [0, 0.05) is 16.3 Å². The molecule has 0 bridgehead atoms. The highest BCUT2D eigenvalue weighted by atomic mass is 35.5. The summed E-state index contributed by atoms with van der Waals surface area (Å²) >= 11 is 8.60. The smallest absolute Gasteiger partial charge is 0.210 e. The Labute approximate surface area is 158 Å². The molecule has 3 rings (SSSR count). The molecule has 5 nitrogen and oxygen atoms in total. The maximum atomic E-state index is 12.2. The van der Waals surface area contributed by atoms with E-state index in [0.717, 1.165) is 15.8 Å². The lowest BCUT2D eigenvalue weighted by molar-refractivity contribution is 0.102. The van der Waals surface area contributed by atoms with Crippen LogP contribution in [0.3, 0.4) is 0 Å². The van der Waals surface area contributed by atoms with Crippen LogP contribution in [-0.4, -0.2) is 28.8 Å². The van der Waals surface area contributed by atoms with Gasteiger partial charge in [0.05, 0.1) is 12.9 Å². The SMILES string of the molecule is COc1ccc(Nc2nnc(SCC(=O)c3ccc(Cl)cc3)s2)cc1. The summed E-state index contributed by atoms with van der Waals surface area (Å²) in [4.78, 5) is 12.2. The third-order valence-electron chi connectivity index (χ3n) is 3.24. The standard InChI is InChI=1S/C17H14ClN3O2S2/c1-23-14-8-6-13(7-9-14)19-16-20-21-17(25-16)24-10-15(22)11-2-4-12(18)5-3-11/h2-9H,10H2,1H3,(H,19,20). The fourth-order valence-electron chi connectivity index (χ4n) is 1.96. The number of carbonyl (C=O) groups is 1. The van der Waals surface area contributed by atoms with Gasteiger partial charge in [0.15, 0.2) is 10.1 Å². The van der Waals surface area contributed by atoms with E-state index in [9.17, 15) is 4.79 Å². The predicted molar refractivity (Wildman–Crippen MR) is 103 cm³/mol. The van der Waals surface area contributed by atoms with Crippen LogP contribution < -0.4 is 10.1 Å². The molecule has 0 saturated carbocycles. The van der Waals surface area contributed by atoms with Crippen molar-refractivity contribution in [3.8, 4) is 5.75 Å². The Morgan fingerprint density at radius 3 is 2.56 bits per heavy atom. The van der Waals surface area contributed by atoms with Crippen molar-refractivity contribution in [2.45, 2.75) is 4.34 Å². The fraction of sp³-hybridized carbons (Fsp3) is 0.118. The molecule has 1 N–H and O–H groups in total. The Morgan fingerprint density at radius 1 is 1.16 bits per heavy atom. The van der Waals surface area contributed by atoms with E-state index in [1.165, 1.54) is 23.1 Å². The number of thioether (sulfide) groups is 1. The van der Waals surface area contributed by atoms with Crippen LogP contribution in [0.1, 0.15) is 10.4 Å². The minimum atomic E-state index is 0.0292. The zero-order valence-electron chi connectivity index (χ0n) is 13.2. The number of ether oxygens (including phenoxy) is 1. The Kier molecular flexibility index (Phi) is 5.91. The van der Waals surface area contributed by atoms with Gasteiger partial charge in [-0.2, -0.15) is 0 Å². The van der Waals surface area contributed by atoms with Gasteiger partial charge in [-0.25, -0.2) is 0 Å². The summed E-state index contributed by atoms with van der Waals surface area (Å²) in [5.41, 5.74) is 1.53. The number of aromatic nitrogens is 2. The van der Waals surface area contributed by atoms with E-state index in [2.05, 4.69) is 15.5 Å². The van der Waals surface area contributed by atoms with E-state index in [0.29, 0.717) is 21.5 Å². The molecule has 0 aliphatic carbocycles. The molecule has 0 amide bonds. The zero-order chi connectivity index (χ0) is 17.6. The van der Waals surface area contributed by atoms with Crippen LogP contribution in [0.2, 0.25) is 5.02 Å². The van der Waals surface area contributed by atoms with E-state index in [1.54, 1.807) is 31.4 Å². The van der Waals surface area contributed by atoms with Gasteiger partial charge < -0.3 is 10.1 Å². The molecule has 0 fully saturated rings. The van der Waals surface area contributed by atoms with Crippen molar-refractivity contribution in [3.05, 3.63) is 59.1 Å². The minimum absolute atomic E-state index is 0.0292. The number of carbonyl (C=O) groups excluding carboxylic acids is 1. The van der Waals surface area contributed by atoms with Crippen LogP contribution in [0.25, 0.3) is 0 Å². The summed E-state index contributed by atoms with van der Waals surface area (Å²) in [5, 5.41) is 12.7. The molecule has 0 unspecified atom stereocenters. The van der Waals surface area contributed by atoms with Crippen LogP contribution in [-0.2, 0) is 0 Å². The summed E-state index contributed by atoms with van der Waals surface area (Å²) in [5.74, 6) is 1.13. The van der Waals surface area contributed by atoms with Gasteiger partial charge in [-0.05, 0) is 48.5 Å². The molecule has 1 heterocycles. The number of methoxy groups -OCH3 is 1. The average Bonchev–Trinajstić information content (AvgIpc) is 3.08. The highest BCUT2D eigenvalue weighted by Crippen LogP contribution is 2.28. The van der Waals surface area contributed by atoms with Crippen molar-refractivity contribution in [2.75, 3.05) is 18.2 Å². The maximum Gasteiger partial charge on any atom is 0.210 e. The van der Waals surface area contributed by atoms with Gasteiger partial charge in [0.25, 0.3) is 0 Å². The number of rotatable bonds is 7. The monoisotopic (exact) mass is 391 g/mol. The number of nitrogens with one attached hydrogen (secondary N) is 1. The number of ketones is 1. The molecule has 0 saturated heterocycles. The van der Waals surface area contributed by atoms with Crippen molar-refractivity contribution in [1.82, 2.24) is 10.2 Å². The number of benzene rings is 2. The van der Waals surface area contributed by atoms with Gasteiger partial charge in [0.1, 0.15) is 5.75 Å². The van der Waals surface area contributed by atoms with Crippen LogP contribution in [0.5, 0.6) is 5.75 Å². The van der Waals surface area contributed by atoms with E-state index in [4.69, 9.17) is 16.3 Å². The van der Waals surface area contributed by atoms with Crippen molar-refractivity contribution >= 4 is 51.3 Å². The second-order valence-electron chi connectivity index (χ2n) is 4.95. The molecule has 0 spiro atoms. The lowest BCUT2D eigenvalue weighted by Gasteiger charge is -2.03. The maximum absolute atomic E-state index is 12.2. The first-order chi connectivity index (χ1) is 12.1. The van der Waals surface area contributed by atoms with Gasteiger partial charge in [-0.1, -0.05) is 34.7 Å². The van der Waals surface area contributed by atoms with Gasteiger partial charge in [0.2, 0.25) is 5.13 Å². The number of hydrogen-bond donors (Lipinski definition) is 1. The Bertz CT molecular complexity index is 851. The molecule has 0 atom stereocenters. The number of halogens is 1. The summed E-state index contributed by atoms with van der Waals surface area (Å²) in [6, 6.07) is 14.4. The van der Waals surface area contributed by atoms with Gasteiger partial charge in [-0.15, -0.1) is 10.2 Å². The second kappa shape index (κ2) is 8.33. The molecule has 0 aliphatic rings. The summed E-state index contributed by atoms with van der Waals surface area (Å²) < 4.78 is 5.86. The van der Waals surface area contributed by atoms with E-state index in [1.807, 2.05) is 24.3 Å². The molecule has 25 heavy (non-hydrogen) atoms. The summed E-state index contributed by atoms with van der Waals surface area (Å²) in [6.45, 7) is 0. The molecular formula is C17H14ClN3O2S2. The van der Waals surface area contributed by atoms with Crippen LogP contribution in [0.15, 0.2) is 52.9 Å². The Hall–Kier alpha value is -2.09. The topological polar surface area (TPSA) is 64.1 Å². The lowest BCUT2D eigenvalue weighted by Crippen LogP contribution is -2.01. The Morgan fingerprint density at radius 2 is 1.88 bits per heavy atom. The average molecular weight is 392 g/mol. The molecule has 0 radical (unpaired) electrons. The normalized spacial score (nSPS) is 10.5. The molecule has 8 heteroatoms. The number of nitrogens with zero attached hydrogens (tertiary/aromatic N) is 2. The molecule has 3 aromatic rings. The number of hydrogen-bond acceptors (Lipinski definition) is 7. The highest BCUT2D eigenvalue weighted by molar-refractivity contribution is 8.01. The van der Waals surface area contributed by atoms with Gasteiger partial charge in [-0.3, -0.25) is 4.79 Å². The first-order valence-corrected chi connectivity index (χ1v) is 9.48. The van der Waals surface area contributed by atoms with Crippen LogP contribution in [0.4, 0.5) is 10.8 Å². The molecular weight excluding hydrogens is 378 g/mol. The second-order valence-corrected chi connectivity index (χ2v) is 7.58. The predicted octanol–water partition coefficient (Wildman–Crippen LogP) is 4.92.